The third-order valence-corrected chi connectivity index (χ3v) is 5.97. The Bertz CT molecular complexity index is 647. The van der Waals surface area contributed by atoms with Crippen LogP contribution in [-0.4, -0.2) is 51.4 Å². The summed E-state index contributed by atoms with van der Waals surface area (Å²) in [7, 11) is 0. The van der Waals surface area contributed by atoms with Gasteiger partial charge in [0, 0.05) is 31.5 Å². The first-order valence-electron chi connectivity index (χ1n) is 9.53. The maximum Gasteiger partial charge on any atom is 0.249 e. The third kappa shape index (κ3) is 3.16. The SMILES string of the molecule is Cc1noc([C@@H]2CCCN2C(=O)C2CCN(C(=O)C3CCC3)CC2)n1. The highest BCUT2D eigenvalue weighted by atomic mass is 16.5. The molecular weight excluding hydrogens is 320 g/mol. The molecule has 3 heterocycles. The Morgan fingerprint density at radius 1 is 0.960 bits per heavy atom. The van der Waals surface area contributed by atoms with Crippen LogP contribution in [0, 0.1) is 18.8 Å². The summed E-state index contributed by atoms with van der Waals surface area (Å²) in [5, 5.41) is 3.86. The fraction of sp³-hybridized carbons (Fsp3) is 0.778. The molecule has 3 fully saturated rings. The van der Waals surface area contributed by atoms with Crippen molar-refractivity contribution in [3.63, 3.8) is 0 Å². The van der Waals surface area contributed by atoms with Gasteiger partial charge in [0.1, 0.15) is 6.04 Å². The van der Waals surface area contributed by atoms with E-state index in [0.29, 0.717) is 30.7 Å². The molecule has 1 aliphatic carbocycles. The molecule has 7 heteroatoms. The number of piperidine rings is 1. The average Bonchev–Trinajstić information content (AvgIpc) is 3.21. The quantitative estimate of drug-likeness (QED) is 0.837. The summed E-state index contributed by atoms with van der Waals surface area (Å²) in [4.78, 5) is 33.6. The molecule has 2 saturated heterocycles. The molecule has 25 heavy (non-hydrogen) atoms. The predicted octanol–water partition coefficient (Wildman–Crippen LogP) is 2.08. The standard InChI is InChI=1S/C18H26N4O3/c1-12-19-16(25-20-12)15-6-3-9-22(15)18(24)14-7-10-21(11-8-14)17(23)13-4-2-5-13/h13-15H,2-11H2,1H3/t15-/m0/s1. The number of likely N-dealkylation sites (tertiary alicyclic amines) is 2. The molecule has 0 radical (unpaired) electrons. The first kappa shape index (κ1) is 16.5. The summed E-state index contributed by atoms with van der Waals surface area (Å²) in [5.41, 5.74) is 0. The van der Waals surface area contributed by atoms with Gasteiger partial charge in [0.2, 0.25) is 17.7 Å². The largest absolute Gasteiger partial charge is 0.342 e. The predicted molar refractivity (Wildman–Crippen MR) is 89.4 cm³/mol. The Balaban J connectivity index is 1.36. The number of amides is 2. The number of hydrogen-bond donors (Lipinski definition) is 0. The van der Waals surface area contributed by atoms with Crippen molar-refractivity contribution >= 4 is 11.8 Å². The monoisotopic (exact) mass is 346 g/mol. The maximum atomic E-state index is 13.0. The van der Waals surface area contributed by atoms with E-state index in [4.69, 9.17) is 4.52 Å². The molecule has 1 aromatic rings. The number of carbonyl (C=O) groups is 2. The number of nitrogens with zero attached hydrogens (tertiary/aromatic N) is 4. The van der Waals surface area contributed by atoms with Crippen LogP contribution in [0.2, 0.25) is 0 Å². The van der Waals surface area contributed by atoms with Gasteiger partial charge in [-0.05, 0) is 45.4 Å². The van der Waals surface area contributed by atoms with Crippen molar-refractivity contribution in [2.24, 2.45) is 11.8 Å². The lowest BCUT2D eigenvalue weighted by molar-refractivity contribution is -0.144. The van der Waals surface area contributed by atoms with E-state index in [1.54, 1.807) is 6.92 Å². The van der Waals surface area contributed by atoms with Crippen molar-refractivity contribution < 1.29 is 14.1 Å². The van der Waals surface area contributed by atoms with Crippen molar-refractivity contribution in [1.29, 1.82) is 0 Å². The highest BCUT2D eigenvalue weighted by Crippen LogP contribution is 2.35. The molecule has 1 aromatic heterocycles. The zero-order chi connectivity index (χ0) is 17.4. The van der Waals surface area contributed by atoms with Crippen LogP contribution in [0.1, 0.15) is 62.7 Å². The molecule has 7 nitrogen and oxygen atoms in total. The van der Waals surface area contributed by atoms with Crippen LogP contribution in [-0.2, 0) is 9.59 Å². The summed E-state index contributed by atoms with van der Waals surface area (Å²) in [6.45, 7) is 3.98. The van der Waals surface area contributed by atoms with Gasteiger partial charge in [0.05, 0.1) is 0 Å². The van der Waals surface area contributed by atoms with E-state index in [2.05, 4.69) is 10.1 Å². The second-order valence-corrected chi connectivity index (χ2v) is 7.60. The maximum absolute atomic E-state index is 13.0. The smallest absolute Gasteiger partial charge is 0.249 e. The van der Waals surface area contributed by atoms with Crippen molar-refractivity contribution in [2.45, 2.75) is 57.9 Å². The molecule has 0 N–H and O–H groups in total. The zero-order valence-electron chi connectivity index (χ0n) is 14.8. The van der Waals surface area contributed by atoms with Gasteiger partial charge in [-0.2, -0.15) is 4.98 Å². The minimum Gasteiger partial charge on any atom is -0.342 e. The lowest BCUT2D eigenvalue weighted by Crippen LogP contribution is -2.46. The molecule has 0 unspecified atom stereocenters. The molecule has 0 bridgehead atoms. The van der Waals surface area contributed by atoms with E-state index in [-0.39, 0.29) is 23.8 Å². The van der Waals surface area contributed by atoms with Crippen molar-refractivity contribution in [1.82, 2.24) is 19.9 Å². The van der Waals surface area contributed by atoms with Gasteiger partial charge < -0.3 is 14.3 Å². The molecule has 3 aliphatic rings. The normalized spacial score (nSPS) is 25.2. The van der Waals surface area contributed by atoms with Gasteiger partial charge >= 0.3 is 0 Å². The topological polar surface area (TPSA) is 79.5 Å². The van der Waals surface area contributed by atoms with E-state index in [0.717, 1.165) is 45.1 Å². The summed E-state index contributed by atoms with van der Waals surface area (Å²) >= 11 is 0. The van der Waals surface area contributed by atoms with Crippen LogP contribution in [0.3, 0.4) is 0 Å². The Morgan fingerprint density at radius 2 is 1.68 bits per heavy atom. The zero-order valence-corrected chi connectivity index (χ0v) is 14.8. The van der Waals surface area contributed by atoms with Crippen molar-refractivity contribution in [3.05, 3.63) is 11.7 Å². The van der Waals surface area contributed by atoms with Gasteiger partial charge in [0.25, 0.3) is 0 Å². The third-order valence-electron chi connectivity index (χ3n) is 5.97. The molecular formula is C18H26N4O3. The minimum atomic E-state index is -0.0802. The van der Waals surface area contributed by atoms with Gasteiger partial charge in [0.15, 0.2) is 5.82 Å². The second kappa shape index (κ2) is 6.77. The Kier molecular flexibility index (Phi) is 4.48. The number of hydrogen-bond acceptors (Lipinski definition) is 5. The summed E-state index contributed by atoms with van der Waals surface area (Å²) < 4.78 is 5.30. The van der Waals surface area contributed by atoms with Crippen molar-refractivity contribution in [2.75, 3.05) is 19.6 Å². The summed E-state index contributed by atoms with van der Waals surface area (Å²) in [5.74, 6) is 1.91. The molecule has 0 spiro atoms. The van der Waals surface area contributed by atoms with Crippen LogP contribution in [0.4, 0.5) is 0 Å². The van der Waals surface area contributed by atoms with Crippen LogP contribution < -0.4 is 0 Å². The summed E-state index contributed by atoms with van der Waals surface area (Å²) in [6, 6.07) is -0.0802. The summed E-state index contributed by atoms with van der Waals surface area (Å²) in [6.07, 6.45) is 6.64. The number of aryl methyl sites for hydroxylation is 1. The van der Waals surface area contributed by atoms with Crippen LogP contribution in [0.25, 0.3) is 0 Å². The van der Waals surface area contributed by atoms with Gasteiger partial charge in [-0.3, -0.25) is 9.59 Å². The van der Waals surface area contributed by atoms with E-state index in [1.807, 2.05) is 9.80 Å². The number of aromatic nitrogens is 2. The first-order valence-corrected chi connectivity index (χ1v) is 9.53. The van der Waals surface area contributed by atoms with Crippen LogP contribution in [0.15, 0.2) is 4.52 Å². The molecule has 4 rings (SSSR count). The molecule has 1 saturated carbocycles. The average molecular weight is 346 g/mol. The second-order valence-electron chi connectivity index (χ2n) is 7.60. The minimum absolute atomic E-state index is 0.00931. The van der Waals surface area contributed by atoms with E-state index >= 15 is 0 Å². The Morgan fingerprint density at radius 3 is 2.28 bits per heavy atom. The molecule has 2 amide bonds. The van der Waals surface area contributed by atoms with Gasteiger partial charge in [-0.1, -0.05) is 11.6 Å². The molecule has 0 aromatic carbocycles. The van der Waals surface area contributed by atoms with E-state index in [9.17, 15) is 9.59 Å². The number of carbonyl (C=O) groups excluding carboxylic acids is 2. The fourth-order valence-electron chi connectivity index (χ4n) is 4.23. The highest BCUT2D eigenvalue weighted by molar-refractivity contribution is 5.82. The number of rotatable bonds is 3. The van der Waals surface area contributed by atoms with Gasteiger partial charge in [-0.25, -0.2) is 0 Å². The van der Waals surface area contributed by atoms with Crippen LogP contribution >= 0.6 is 0 Å². The van der Waals surface area contributed by atoms with Crippen LogP contribution in [0.5, 0.6) is 0 Å². The first-order chi connectivity index (χ1) is 12.1. The highest BCUT2D eigenvalue weighted by Gasteiger charge is 2.39. The molecule has 136 valence electrons. The lowest BCUT2D eigenvalue weighted by Gasteiger charge is -2.37. The van der Waals surface area contributed by atoms with Crippen molar-refractivity contribution in [3.8, 4) is 0 Å². The molecule has 2 aliphatic heterocycles. The Labute approximate surface area is 147 Å². The lowest BCUT2D eigenvalue weighted by atomic mass is 9.83. The van der Waals surface area contributed by atoms with Gasteiger partial charge in [-0.15, -0.1) is 0 Å². The molecule has 1 atom stereocenters. The van der Waals surface area contributed by atoms with E-state index < -0.39 is 0 Å². The fourth-order valence-corrected chi connectivity index (χ4v) is 4.23. The van der Waals surface area contributed by atoms with E-state index in [1.165, 1.54) is 6.42 Å². The Hall–Kier alpha value is -1.92.